The number of carbonyl (C=O) groups excluding carboxylic acids is 5. The summed E-state index contributed by atoms with van der Waals surface area (Å²) in [5.41, 5.74) is -0.650. The fourth-order valence-corrected chi connectivity index (χ4v) is 4.93. The minimum atomic E-state index is -1.19. The van der Waals surface area contributed by atoms with Crippen LogP contribution < -0.4 is 10.6 Å². The number of likely N-dealkylation sites (tertiary alicyclic amines) is 1. The smallest absolute Gasteiger partial charge is 0.420 e. The van der Waals surface area contributed by atoms with E-state index >= 15 is 0 Å². The van der Waals surface area contributed by atoms with E-state index in [1.54, 1.807) is 41.5 Å². The van der Waals surface area contributed by atoms with E-state index in [1.807, 2.05) is 30.3 Å². The summed E-state index contributed by atoms with van der Waals surface area (Å²) >= 11 is 0. The Morgan fingerprint density at radius 3 is 2.09 bits per heavy atom. The highest BCUT2D eigenvalue weighted by molar-refractivity contribution is 5.89. The van der Waals surface area contributed by atoms with Crippen LogP contribution >= 0.6 is 0 Å². The van der Waals surface area contributed by atoms with Crippen molar-refractivity contribution >= 4 is 30.2 Å². The number of ether oxygens (including phenoxy) is 3. The lowest BCUT2D eigenvalue weighted by Gasteiger charge is -2.37. The van der Waals surface area contributed by atoms with Gasteiger partial charge in [-0.25, -0.2) is 24.1 Å². The molecule has 2 fully saturated rings. The van der Waals surface area contributed by atoms with E-state index in [0.29, 0.717) is 6.42 Å². The summed E-state index contributed by atoms with van der Waals surface area (Å²) in [7, 11) is 0. The SMILES string of the molecule is CC(C)(C)OC(=O)N(C(=O)OC(C)(C)C)C1CCN(C(=O)OC(=O)[C@@H]2C[C@H](NC(=O)[C@H](O)CCc3ccccc3)CN2)CC1. The molecule has 2 heterocycles. The highest BCUT2D eigenvalue weighted by Crippen LogP contribution is 2.23. The normalized spacial score (nSPS) is 19.9. The van der Waals surface area contributed by atoms with Crippen molar-refractivity contribution in [3.8, 4) is 0 Å². The lowest BCUT2D eigenvalue weighted by molar-refractivity contribution is -0.140. The molecule has 2 aliphatic heterocycles. The summed E-state index contributed by atoms with van der Waals surface area (Å²) in [6.45, 7) is 10.7. The number of aliphatic hydroxyl groups excluding tert-OH is 1. The Bertz CT molecular complexity index is 1140. The third-order valence-electron chi connectivity index (χ3n) is 7.07. The summed E-state index contributed by atoms with van der Waals surface area (Å²) in [5, 5.41) is 16.0. The van der Waals surface area contributed by atoms with Crippen molar-refractivity contribution < 1.29 is 43.3 Å². The summed E-state index contributed by atoms with van der Waals surface area (Å²) in [6.07, 6.45) is -2.19. The minimum Gasteiger partial charge on any atom is -0.443 e. The zero-order valence-electron chi connectivity index (χ0n) is 26.5. The summed E-state index contributed by atoms with van der Waals surface area (Å²) in [6, 6.07) is 7.73. The van der Waals surface area contributed by atoms with Gasteiger partial charge < -0.3 is 34.9 Å². The maximum Gasteiger partial charge on any atom is 0.420 e. The van der Waals surface area contributed by atoms with Gasteiger partial charge in [0.15, 0.2) is 0 Å². The largest absolute Gasteiger partial charge is 0.443 e. The van der Waals surface area contributed by atoms with E-state index in [9.17, 15) is 29.1 Å². The molecule has 13 heteroatoms. The highest BCUT2D eigenvalue weighted by atomic mass is 16.6. The zero-order chi connectivity index (χ0) is 32.7. The van der Waals surface area contributed by atoms with Crippen molar-refractivity contribution in [2.75, 3.05) is 19.6 Å². The molecule has 2 saturated heterocycles. The molecule has 0 unspecified atom stereocenters. The van der Waals surface area contributed by atoms with Gasteiger partial charge >= 0.3 is 24.2 Å². The molecular formula is C31H46N4O9. The standard InChI is InChI=1S/C31H46N4O9/c1-30(2,3)43-28(40)35(29(41)44-31(4,5)6)22-14-16-34(17-15-22)27(39)42-26(38)23-18-21(19-32-23)33-25(37)24(36)13-12-20-10-8-7-9-11-20/h7-11,21-24,32,36H,12-19H2,1-6H3,(H,33,37)/t21-,23-,24+/m0/s1. The van der Waals surface area contributed by atoms with Crippen LogP contribution in [0, 0.1) is 0 Å². The first-order valence-electron chi connectivity index (χ1n) is 15.0. The number of aliphatic hydroxyl groups is 1. The monoisotopic (exact) mass is 618 g/mol. The lowest BCUT2D eigenvalue weighted by Crippen LogP contribution is -2.53. The van der Waals surface area contributed by atoms with Gasteiger partial charge in [0.2, 0.25) is 5.91 Å². The topological polar surface area (TPSA) is 164 Å². The number of amides is 4. The fourth-order valence-electron chi connectivity index (χ4n) is 4.93. The van der Waals surface area contributed by atoms with E-state index in [0.717, 1.165) is 10.5 Å². The number of aryl methyl sites for hydroxylation is 1. The number of carbonyl (C=O) groups is 5. The molecule has 0 aromatic heterocycles. The first-order chi connectivity index (χ1) is 20.5. The molecule has 3 N–H and O–H groups in total. The Morgan fingerprint density at radius 1 is 0.977 bits per heavy atom. The quantitative estimate of drug-likeness (QED) is 0.235. The molecule has 2 aliphatic rings. The first-order valence-corrected chi connectivity index (χ1v) is 15.0. The van der Waals surface area contributed by atoms with Gasteiger partial charge in [-0.1, -0.05) is 30.3 Å². The van der Waals surface area contributed by atoms with Gasteiger partial charge in [0, 0.05) is 31.7 Å². The maximum absolute atomic E-state index is 12.9. The molecule has 0 aliphatic carbocycles. The van der Waals surface area contributed by atoms with Gasteiger partial charge in [0.25, 0.3) is 0 Å². The first kappa shape index (κ1) is 34.8. The number of piperidine rings is 1. The number of rotatable bonds is 7. The Hall–Kier alpha value is -3.71. The van der Waals surface area contributed by atoms with Crippen LogP contribution in [0.4, 0.5) is 14.4 Å². The average molecular weight is 619 g/mol. The average Bonchev–Trinajstić information content (AvgIpc) is 3.39. The van der Waals surface area contributed by atoms with Crippen LogP contribution in [0.3, 0.4) is 0 Å². The Kier molecular flexibility index (Phi) is 11.7. The molecule has 0 bridgehead atoms. The second kappa shape index (κ2) is 14.8. The molecule has 44 heavy (non-hydrogen) atoms. The van der Waals surface area contributed by atoms with E-state index in [2.05, 4.69) is 10.6 Å². The van der Waals surface area contributed by atoms with Crippen molar-refractivity contribution in [3.63, 3.8) is 0 Å². The van der Waals surface area contributed by atoms with Crippen LogP contribution in [0.2, 0.25) is 0 Å². The molecule has 0 radical (unpaired) electrons. The van der Waals surface area contributed by atoms with E-state index in [-0.39, 0.29) is 45.3 Å². The number of esters is 1. The van der Waals surface area contributed by atoms with Gasteiger partial charge in [-0.05, 0) is 79.2 Å². The van der Waals surface area contributed by atoms with Crippen molar-refractivity contribution in [1.82, 2.24) is 20.4 Å². The molecule has 3 atom stereocenters. The predicted octanol–water partition coefficient (Wildman–Crippen LogP) is 3.13. The molecule has 244 valence electrons. The van der Waals surface area contributed by atoms with Gasteiger partial charge in [-0.3, -0.25) is 4.79 Å². The molecular weight excluding hydrogens is 572 g/mol. The zero-order valence-corrected chi connectivity index (χ0v) is 26.5. The van der Waals surface area contributed by atoms with Crippen molar-refractivity contribution in [3.05, 3.63) is 35.9 Å². The van der Waals surface area contributed by atoms with Crippen molar-refractivity contribution in [2.24, 2.45) is 0 Å². The van der Waals surface area contributed by atoms with Gasteiger partial charge in [0.05, 0.1) is 0 Å². The van der Waals surface area contributed by atoms with Crippen molar-refractivity contribution in [1.29, 1.82) is 0 Å². The lowest BCUT2D eigenvalue weighted by atomic mass is 10.0. The van der Waals surface area contributed by atoms with Crippen LogP contribution in [0.1, 0.15) is 72.8 Å². The second-order valence-corrected chi connectivity index (χ2v) is 13.2. The fraction of sp³-hybridized carbons (Fsp3) is 0.645. The summed E-state index contributed by atoms with van der Waals surface area (Å²) < 4.78 is 16.0. The van der Waals surface area contributed by atoms with E-state index in [1.165, 1.54) is 4.90 Å². The predicted molar refractivity (Wildman–Crippen MR) is 159 cm³/mol. The Morgan fingerprint density at radius 2 is 1.55 bits per heavy atom. The van der Waals surface area contributed by atoms with Crippen molar-refractivity contribution in [2.45, 2.75) is 109 Å². The molecule has 1 aromatic carbocycles. The Labute approximate surface area is 258 Å². The van der Waals surface area contributed by atoms with E-state index in [4.69, 9.17) is 14.2 Å². The number of hydrogen-bond acceptors (Lipinski definition) is 10. The maximum atomic E-state index is 12.9. The number of benzene rings is 1. The van der Waals surface area contributed by atoms with Crippen LogP contribution in [0.25, 0.3) is 0 Å². The molecule has 0 spiro atoms. The molecule has 0 saturated carbocycles. The molecule has 4 amide bonds. The van der Waals surface area contributed by atoms with Gasteiger partial charge in [-0.15, -0.1) is 0 Å². The van der Waals surface area contributed by atoms with Crippen LogP contribution in [-0.2, 0) is 30.2 Å². The van der Waals surface area contributed by atoms with Crippen LogP contribution in [-0.4, -0.2) is 100 Å². The minimum absolute atomic E-state index is 0.135. The molecule has 13 nitrogen and oxygen atoms in total. The summed E-state index contributed by atoms with van der Waals surface area (Å²) in [4.78, 5) is 66.1. The van der Waals surface area contributed by atoms with Crippen LogP contribution in [0.5, 0.6) is 0 Å². The van der Waals surface area contributed by atoms with Crippen LogP contribution in [0.15, 0.2) is 30.3 Å². The highest BCUT2D eigenvalue weighted by Gasteiger charge is 2.40. The Balaban J connectivity index is 1.46. The second-order valence-electron chi connectivity index (χ2n) is 13.2. The van der Waals surface area contributed by atoms with Gasteiger partial charge in [-0.2, -0.15) is 0 Å². The third-order valence-corrected chi connectivity index (χ3v) is 7.07. The number of imide groups is 1. The molecule has 1 aromatic rings. The number of nitrogens with zero attached hydrogens (tertiary/aromatic N) is 2. The van der Waals surface area contributed by atoms with Gasteiger partial charge in [0.1, 0.15) is 23.3 Å². The summed E-state index contributed by atoms with van der Waals surface area (Å²) in [5.74, 6) is -1.30. The third kappa shape index (κ3) is 10.8. The number of hydrogen-bond donors (Lipinski definition) is 3. The molecule has 3 rings (SSSR count). The number of nitrogens with one attached hydrogen (secondary N) is 2. The van der Waals surface area contributed by atoms with E-state index < -0.39 is 65.6 Å².